The maximum Gasteiger partial charge on any atom is 0.191 e. The molecule has 1 rings (SSSR count). The third-order valence-electron chi connectivity index (χ3n) is 2.98. The van der Waals surface area contributed by atoms with Gasteiger partial charge in [-0.15, -0.1) is 24.0 Å². The van der Waals surface area contributed by atoms with Crippen molar-refractivity contribution in [3.8, 4) is 0 Å². The summed E-state index contributed by atoms with van der Waals surface area (Å²) >= 11 is 0. The normalized spacial score (nSPS) is 11.1. The highest BCUT2D eigenvalue weighted by molar-refractivity contribution is 14.0. The molecule has 0 unspecified atom stereocenters. The largest absolute Gasteiger partial charge is 0.382 e. The monoisotopic (exact) mass is 423 g/mol. The number of ether oxygens (including phenoxy) is 1. The number of aromatic nitrogens is 2. The summed E-state index contributed by atoms with van der Waals surface area (Å²) < 4.78 is 7.14. The van der Waals surface area contributed by atoms with Crippen molar-refractivity contribution in [1.82, 2.24) is 20.4 Å². The lowest BCUT2D eigenvalue weighted by atomic mass is 10.2. The lowest BCUT2D eigenvalue weighted by Gasteiger charge is -2.10. The number of unbranched alkanes of at least 4 members (excludes halogenated alkanes) is 1. The Morgan fingerprint density at radius 3 is 2.77 bits per heavy atom. The molecule has 0 spiro atoms. The number of rotatable bonds is 10. The Bertz CT molecular complexity index is 408. The third kappa shape index (κ3) is 9.99. The molecule has 1 heterocycles. The molecule has 22 heavy (non-hydrogen) atoms. The standard InChI is InChI=1S/C15H29N5O.HI/c1-4-16-15(17-9-6-7-11-21-5-2)18-10-8-14-12-19-20(3)13-14;/h12-13H,4-11H2,1-3H3,(H2,16,17,18);1H. The van der Waals surface area contributed by atoms with Crippen LogP contribution in [0.1, 0.15) is 32.3 Å². The zero-order valence-electron chi connectivity index (χ0n) is 14.0. The van der Waals surface area contributed by atoms with E-state index in [1.807, 2.05) is 31.0 Å². The summed E-state index contributed by atoms with van der Waals surface area (Å²) in [5.74, 6) is 0.887. The molecule has 7 heteroatoms. The van der Waals surface area contributed by atoms with Crippen molar-refractivity contribution in [2.75, 3.05) is 32.8 Å². The van der Waals surface area contributed by atoms with Crippen molar-refractivity contribution in [1.29, 1.82) is 0 Å². The summed E-state index contributed by atoms with van der Waals surface area (Å²) in [6.45, 7) is 8.28. The number of nitrogens with one attached hydrogen (secondary N) is 2. The van der Waals surface area contributed by atoms with Gasteiger partial charge in [-0.3, -0.25) is 9.67 Å². The number of nitrogens with zero attached hydrogens (tertiary/aromatic N) is 3. The molecule has 128 valence electrons. The van der Waals surface area contributed by atoms with Crippen LogP contribution in [-0.2, 0) is 18.2 Å². The predicted molar refractivity (Wildman–Crippen MR) is 102 cm³/mol. The molecule has 0 bridgehead atoms. The molecule has 0 saturated heterocycles. The fraction of sp³-hybridized carbons (Fsp3) is 0.733. The molecule has 0 aliphatic carbocycles. The van der Waals surface area contributed by atoms with Crippen LogP contribution in [0.5, 0.6) is 0 Å². The molecule has 0 aromatic carbocycles. The first-order chi connectivity index (χ1) is 10.3. The minimum Gasteiger partial charge on any atom is -0.382 e. The van der Waals surface area contributed by atoms with E-state index in [1.165, 1.54) is 5.56 Å². The van der Waals surface area contributed by atoms with Crippen LogP contribution in [0.4, 0.5) is 0 Å². The van der Waals surface area contributed by atoms with E-state index in [0.29, 0.717) is 0 Å². The SMILES string of the molecule is CCNC(=NCCCCOCC)NCCc1cnn(C)c1.I. The lowest BCUT2D eigenvalue weighted by Crippen LogP contribution is -2.38. The second-order valence-electron chi connectivity index (χ2n) is 4.86. The van der Waals surface area contributed by atoms with Crippen LogP contribution in [0.15, 0.2) is 17.4 Å². The van der Waals surface area contributed by atoms with E-state index < -0.39 is 0 Å². The Morgan fingerprint density at radius 1 is 1.32 bits per heavy atom. The number of aliphatic imine (C=N–C) groups is 1. The van der Waals surface area contributed by atoms with Crippen LogP contribution in [0, 0.1) is 0 Å². The Labute approximate surface area is 151 Å². The summed E-state index contributed by atoms with van der Waals surface area (Å²) in [7, 11) is 1.94. The quantitative estimate of drug-likeness (QED) is 0.261. The van der Waals surface area contributed by atoms with Crippen molar-refractivity contribution in [3.05, 3.63) is 18.0 Å². The first-order valence-corrected chi connectivity index (χ1v) is 7.83. The van der Waals surface area contributed by atoms with Crippen LogP contribution in [-0.4, -0.2) is 48.6 Å². The molecule has 0 amide bonds. The van der Waals surface area contributed by atoms with Gasteiger partial charge in [0.1, 0.15) is 0 Å². The zero-order chi connectivity index (χ0) is 15.3. The summed E-state index contributed by atoms with van der Waals surface area (Å²) in [5.41, 5.74) is 1.23. The van der Waals surface area contributed by atoms with Crippen molar-refractivity contribution < 1.29 is 4.74 Å². The zero-order valence-corrected chi connectivity index (χ0v) is 16.3. The third-order valence-corrected chi connectivity index (χ3v) is 2.98. The van der Waals surface area contributed by atoms with Gasteiger partial charge in [-0.1, -0.05) is 0 Å². The van der Waals surface area contributed by atoms with Crippen molar-refractivity contribution in [2.24, 2.45) is 12.0 Å². The maximum absolute atomic E-state index is 5.32. The minimum absolute atomic E-state index is 0. The smallest absolute Gasteiger partial charge is 0.191 e. The molecule has 6 nitrogen and oxygen atoms in total. The molecule has 1 aromatic rings. The van der Waals surface area contributed by atoms with E-state index in [4.69, 9.17) is 4.74 Å². The van der Waals surface area contributed by atoms with Gasteiger partial charge in [-0.05, 0) is 38.7 Å². The van der Waals surface area contributed by atoms with Gasteiger partial charge in [0.2, 0.25) is 0 Å². The molecule has 2 N–H and O–H groups in total. The van der Waals surface area contributed by atoms with Crippen molar-refractivity contribution in [3.63, 3.8) is 0 Å². The molecule has 0 saturated carbocycles. The second kappa shape index (κ2) is 13.8. The van der Waals surface area contributed by atoms with Crippen LogP contribution in [0.25, 0.3) is 0 Å². The molecular formula is C15H30IN5O. The van der Waals surface area contributed by atoms with Gasteiger partial charge in [0, 0.05) is 46.1 Å². The van der Waals surface area contributed by atoms with Gasteiger partial charge in [-0.2, -0.15) is 5.10 Å². The molecule has 0 fully saturated rings. The second-order valence-corrected chi connectivity index (χ2v) is 4.86. The number of hydrogen-bond donors (Lipinski definition) is 2. The predicted octanol–water partition coefficient (Wildman–Crippen LogP) is 1.95. The average molecular weight is 423 g/mol. The summed E-state index contributed by atoms with van der Waals surface area (Å²) in [5, 5.41) is 10.8. The number of hydrogen-bond acceptors (Lipinski definition) is 3. The van der Waals surface area contributed by atoms with Crippen molar-refractivity contribution in [2.45, 2.75) is 33.1 Å². The van der Waals surface area contributed by atoms with Crippen LogP contribution >= 0.6 is 24.0 Å². The summed E-state index contributed by atoms with van der Waals surface area (Å²) in [6.07, 6.45) is 7.01. The van der Waals surface area contributed by atoms with Gasteiger partial charge in [-0.25, -0.2) is 0 Å². The highest BCUT2D eigenvalue weighted by atomic mass is 127. The fourth-order valence-corrected chi connectivity index (χ4v) is 1.92. The topological polar surface area (TPSA) is 63.5 Å². The van der Waals surface area contributed by atoms with E-state index in [2.05, 4.69) is 27.6 Å². The number of halogens is 1. The van der Waals surface area contributed by atoms with E-state index in [1.54, 1.807) is 0 Å². The molecule has 0 atom stereocenters. The highest BCUT2D eigenvalue weighted by Gasteiger charge is 1.99. The van der Waals surface area contributed by atoms with Gasteiger partial charge >= 0.3 is 0 Å². The van der Waals surface area contributed by atoms with Gasteiger partial charge in [0.15, 0.2) is 5.96 Å². The maximum atomic E-state index is 5.32. The molecule has 0 aliphatic rings. The van der Waals surface area contributed by atoms with Gasteiger partial charge in [0.05, 0.1) is 6.20 Å². The van der Waals surface area contributed by atoms with Crippen molar-refractivity contribution >= 4 is 29.9 Å². The summed E-state index contributed by atoms with van der Waals surface area (Å²) in [4.78, 5) is 4.57. The Kier molecular flexibility index (Phi) is 13.3. The minimum atomic E-state index is 0. The van der Waals surface area contributed by atoms with Crippen LogP contribution in [0.2, 0.25) is 0 Å². The molecular weight excluding hydrogens is 393 g/mol. The van der Waals surface area contributed by atoms with E-state index in [9.17, 15) is 0 Å². The Morgan fingerprint density at radius 2 is 2.14 bits per heavy atom. The molecule has 0 aliphatic heterocycles. The van der Waals surface area contributed by atoms with E-state index in [0.717, 1.165) is 58.1 Å². The summed E-state index contributed by atoms with van der Waals surface area (Å²) in [6, 6.07) is 0. The van der Waals surface area contributed by atoms with E-state index in [-0.39, 0.29) is 24.0 Å². The average Bonchev–Trinajstić information content (AvgIpc) is 2.88. The lowest BCUT2D eigenvalue weighted by molar-refractivity contribution is 0.144. The molecule has 0 radical (unpaired) electrons. The Balaban J connectivity index is 0.00000441. The number of aryl methyl sites for hydroxylation is 1. The first kappa shape index (κ1) is 21.2. The molecule has 1 aromatic heterocycles. The van der Waals surface area contributed by atoms with Gasteiger partial charge in [0.25, 0.3) is 0 Å². The van der Waals surface area contributed by atoms with E-state index >= 15 is 0 Å². The fourth-order valence-electron chi connectivity index (χ4n) is 1.92. The Hall–Kier alpha value is -0.830. The van der Waals surface area contributed by atoms with Gasteiger partial charge < -0.3 is 15.4 Å². The first-order valence-electron chi connectivity index (χ1n) is 7.83. The van der Waals surface area contributed by atoms with Crippen LogP contribution < -0.4 is 10.6 Å². The highest BCUT2D eigenvalue weighted by Crippen LogP contribution is 1.96. The van der Waals surface area contributed by atoms with Crippen LogP contribution in [0.3, 0.4) is 0 Å². The number of guanidine groups is 1.